The van der Waals surface area contributed by atoms with E-state index in [-0.39, 0.29) is 11.9 Å². The van der Waals surface area contributed by atoms with Crippen LogP contribution >= 0.6 is 0 Å². The molecule has 0 saturated carbocycles. The van der Waals surface area contributed by atoms with Crippen molar-refractivity contribution in [1.82, 2.24) is 19.8 Å². The van der Waals surface area contributed by atoms with Crippen LogP contribution in [0.2, 0.25) is 0 Å². The lowest BCUT2D eigenvalue weighted by molar-refractivity contribution is -0.136. The number of carbonyl (C=O) groups is 1. The number of aromatic nitrogens is 2. The lowest BCUT2D eigenvalue weighted by Crippen LogP contribution is -2.57. The van der Waals surface area contributed by atoms with Gasteiger partial charge in [-0.3, -0.25) is 9.69 Å². The molecule has 0 spiro atoms. The third kappa shape index (κ3) is 4.33. The SMILES string of the molecule is COc1ccccc1N1CCN(C(C)C(=O)N2CCN(c3ncccn3)CC2)CC1. The van der Waals surface area contributed by atoms with Crippen LogP contribution < -0.4 is 14.5 Å². The van der Waals surface area contributed by atoms with Crippen LogP contribution in [0.3, 0.4) is 0 Å². The van der Waals surface area contributed by atoms with Crippen molar-refractivity contribution in [1.29, 1.82) is 0 Å². The Kier molecular flexibility index (Phi) is 6.32. The number of methoxy groups -OCH3 is 1. The molecule has 1 amide bonds. The Balaban J connectivity index is 1.29. The van der Waals surface area contributed by atoms with E-state index in [0.29, 0.717) is 13.1 Å². The van der Waals surface area contributed by atoms with Gasteiger partial charge < -0.3 is 19.4 Å². The number of nitrogens with zero attached hydrogens (tertiary/aromatic N) is 6. The Morgan fingerprint density at radius 1 is 0.900 bits per heavy atom. The first-order valence-corrected chi connectivity index (χ1v) is 10.6. The van der Waals surface area contributed by atoms with Gasteiger partial charge in [0.1, 0.15) is 5.75 Å². The number of carbonyl (C=O) groups excluding carboxylic acids is 1. The van der Waals surface area contributed by atoms with E-state index in [0.717, 1.165) is 56.7 Å². The number of amides is 1. The molecule has 4 rings (SSSR count). The van der Waals surface area contributed by atoms with Crippen LogP contribution in [-0.4, -0.2) is 91.2 Å². The molecule has 8 nitrogen and oxygen atoms in total. The van der Waals surface area contributed by atoms with Gasteiger partial charge in [0.25, 0.3) is 0 Å². The molecule has 0 radical (unpaired) electrons. The summed E-state index contributed by atoms with van der Waals surface area (Å²) in [4.78, 5) is 30.5. The maximum atomic E-state index is 13.1. The molecule has 2 saturated heterocycles. The number of para-hydroxylation sites is 2. The fourth-order valence-electron chi connectivity index (χ4n) is 4.24. The molecule has 2 aliphatic rings. The van der Waals surface area contributed by atoms with E-state index in [1.807, 2.05) is 36.1 Å². The molecule has 8 heteroatoms. The predicted octanol–water partition coefficient (Wildman–Crippen LogP) is 1.34. The first-order chi connectivity index (χ1) is 14.7. The van der Waals surface area contributed by atoms with Crippen molar-refractivity contribution in [3.05, 3.63) is 42.7 Å². The number of benzene rings is 1. The third-order valence-electron chi connectivity index (χ3n) is 6.07. The zero-order valence-electron chi connectivity index (χ0n) is 17.8. The van der Waals surface area contributed by atoms with Crippen molar-refractivity contribution in [2.24, 2.45) is 0 Å². The summed E-state index contributed by atoms with van der Waals surface area (Å²) in [6, 6.07) is 9.83. The molecular formula is C22H30N6O2. The molecule has 1 aromatic carbocycles. The van der Waals surface area contributed by atoms with Crippen LogP contribution in [0.25, 0.3) is 0 Å². The summed E-state index contributed by atoms with van der Waals surface area (Å²) in [5.41, 5.74) is 1.12. The number of hydrogen-bond acceptors (Lipinski definition) is 7. The molecule has 2 fully saturated rings. The van der Waals surface area contributed by atoms with Crippen LogP contribution in [-0.2, 0) is 4.79 Å². The fourth-order valence-corrected chi connectivity index (χ4v) is 4.24. The van der Waals surface area contributed by atoms with Gasteiger partial charge in [-0.2, -0.15) is 0 Å². The van der Waals surface area contributed by atoms with E-state index in [2.05, 4.69) is 30.7 Å². The van der Waals surface area contributed by atoms with Crippen molar-refractivity contribution in [3.63, 3.8) is 0 Å². The van der Waals surface area contributed by atoms with Gasteiger partial charge in [-0.25, -0.2) is 9.97 Å². The maximum Gasteiger partial charge on any atom is 0.239 e. The molecule has 1 aromatic heterocycles. The highest BCUT2D eigenvalue weighted by Gasteiger charge is 2.31. The molecule has 1 atom stereocenters. The van der Waals surface area contributed by atoms with E-state index >= 15 is 0 Å². The molecule has 0 bridgehead atoms. The Hall–Kier alpha value is -2.87. The van der Waals surface area contributed by atoms with Gasteiger partial charge in [-0.05, 0) is 25.1 Å². The number of piperazine rings is 2. The minimum Gasteiger partial charge on any atom is -0.495 e. The van der Waals surface area contributed by atoms with Gasteiger partial charge in [0.15, 0.2) is 0 Å². The van der Waals surface area contributed by atoms with Gasteiger partial charge in [0.2, 0.25) is 11.9 Å². The minimum atomic E-state index is -0.107. The normalized spacial score (nSPS) is 18.9. The van der Waals surface area contributed by atoms with Crippen LogP contribution in [0.1, 0.15) is 6.92 Å². The first kappa shape index (κ1) is 20.4. The average molecular weight is 411 g/mol. The topological polar surface area (TPSA) is 65.0 Å². The van der Waals surface area contributed by atoms with Crippen LogP contribution in [0, 0.1) is 0 Å². The molecule has 30 heavy (non-hydrogen) atoms. The van der Waals surface area contributed by atoms with Crippen LogP contribution in [0.15, 0.2) is 42.7 Å². The zero-order valence-corrected chi connectivity index (χ0v) is 17.8. The summed E-state index contributed by atoms with van der Waals surface area (Å²) in [6.07, 6.45) is 3.51. The highest BCUT2D eigenvalue weighted by molar-refractivity contribution is 5.81. The Labute approximate surface area is 178 Å². The lowest BCUT2D eigenvalue weighted by atomic mass is 10.1. The highest BCUT2D eigenvalue weighted by atomic mass is 16.5. The molecular weight excluding hydrogens is 380 g/mol. The van der Waals surface area contributed by atoms with Crippen molar-refractivity contribution in [3.8, 4) is 5.75 Å². The second-order valence-corrected chi connectivity index (χ2v) is 7.73. The van der Waals surface area contributed by atoms with Crippen molar-refractivity contribution in [2.45, 2.75) is 13.0 Å². The molecule has 0 N–H and O–H groups in total. The molecule has 1 unspecified atom stereocenters. The second-order valence-electron chi connectivity index (χ2n) is 7.73. The van der Waals surface area contributed by atoms with Gasteiger partial charge in [-0.15, -0.1) is 0 Å². The number of anilines is 2. The Bertz CT molecular complexity index is 833. The van der Waals surface area contributed by atoms with Crippen LogP contribution in [0.5, 0.6) is 5.75 Å². The summed E-state index contributed by atoms with van der Waals surface area (Å²) < 4.78 is 5.50. The summed E-state index contributed by atoms with van der Waals surface area (Å²) in [5.74, 6) is 1.86. The van der Waals surface area contributed by atoms with E-state index in [1.165, 1.54) is 0 Å². The van der Waals surface area contributed by atoms with Crippen molar-refractivity contribution < 1.29 is 9.53 Å². The van der Waals surface area contributed by atoms with Gasteiger partial charge in [0.05, 0.1) is 18.8 Å². The minimum absolute atomic E-state index is 0.107. The zero-order chi connectivity index (χ0) is 20.9. The second kappa shape index (κ2) is 9.30. The lowest BCUT2D eigenvalue weighted by Gasteiger charge is -2.41. The van der Waals surface area contributed by atoms with Crippen molar-refractivity contribution in [2.75, 3.05) is 69.3 Å². The monoisotopic (exact) mass is 410 g/mol. The van der Waals surface area contributed by atoms with Gasteiger partial charge in [0, 0.05) is 64.8 Å². The maximum absolute atomic E-state index is 13.1. The summed E-state index contributed by atoms with van der Waals surface area (Å²) in [7, 11) is 1.71. The van der Waals surface area contributed by atoms with Crippen molar-refractivity contribution >= 4 is 17.5 Å². The van der Waals surface area contributed by atoms with E-state index in [9.17, 15) is 4.79 Å². The van der Waals surface area contributed by atoms with Crippen LogP contribution in [0.4, 0.5) is 11.6 Å². The standard InChI is InChI=1S/C22H30N6O2/c1-18(21(29)27-14-16-28(17-15-27)22-23-8-5-9-24-22)25-10-12-26(13-11-25)19-6-3-4-7-20(19)30-2/h3-9,18H,10-17H2,1-2H3. The molecule has 2 aromatic rings. The van der Waals surface area contributed by atoms with E-state index in [4.69, 9.17) is 4.74 Å². The molecule has 0 aliphatic carbocycles. The molecule has 3 heterocycles. The molecule has 2 aliphatic heterocycles. The molecule has 160 valence electrons. The van der Waals surface area contributed by atoms with E-state index < -0.39 is 0 Å². The van der Waals surface area contributed by atoms with E-state index in [1.54, 1.807) is 19.5 Å². The van der Waals surface area contributed by atoms with Gasteiger partial charge in [-0.1, -0.05) is 12.1 Å². The highest BCUT2D eigenvalue weighted by Crippen LogP contribution is 2.28. The average Bonchev–Trinajstić information content (AvgIpc) is 2.84. The summed E-state index contributed by atoms with van der Waals surface area (Å²) in [6.45, 7) is 8.49. The Morgan fingerprint density at radius 3 is 2.20 bits per heavy atom. The summed E-state index contributed by atoms with van der Waals surface area (Å²) >= 11 is 0. The Morgan fingerprint density at radius 2 is 1.53 bits per heavy atom. The van der Waals surface area contributed by atoms with Gasteiger partial charge >= 0.3 is 0 Å². The number of ether oxygens (including phenoxy) is 1. The predicted molar refractivity (Wildman–Crippen MR) is 117 cm³/mol. The largest absolute Gasteiger partial charge is 0.495 e. The number of rotatable bonds is 5. The number of hydrogen-bond donors (Lipinski definition) is 0. The summed E-state index contributed by atoms with van der Waals surface area (Å²) in [5, 5.41) is 0. The smallest absolute Gasteiger partial charge is 0.239 e. The fraction of sp³-hybridized carbons (Fsp3) is 0.500. The first-order valence-electron chi connectivity index (χ1n) is 10.6. The quantitative estimate of drug-likeness (QED) is 0.737. The third-order valence-corrected chi connectivity index (χ3v) is 6.07.